The molecule has 3 heteroatoms. The molecule has 196 valence electrons. The summed E-state index contributed by atoms with van der Waals surface area (Å²) in [4.78, 5) is 14.8. The van der Waals surface area contributed by atoms with Gasteiger partial charge in [-0.3, -0.25) is 4.98 Å². The van der Waals surface area contributed by atoms with Crippen molar-refractivity contribution >= 4 is 32.7 Å². The van der Waals surface area contributed by atoms with Crippen LogP contribution in [0.5, 0.6) is 0 Å². The van der Waals surface area contributed by atoms with Crippen LogP contribution in [0.4, 0.5) is 0 Å². The van der Waals surface area contributed by atoms with Crippen molar-refractivity contribution in [3.05, 3.63) is 152 Å². The topological polar surface area (TPSA) is 38.7 Å². The van der Waals surface area contributed by atoms with Crippen molar-refractivity contribution in [3.63, 3.8) is 0 Å². The molecule has 0 aliphatic heterocycles. The van der Waals surface area contributed by atoms with Gasteiger partial charge >= 0.3 is 0 Å². The number of nitrogens with zero attached hydrogens (tertiary/aromatic N) is 3. The molecule has 0 atom stereocenters. The quantitative estimate of drug-likeness (QED) is 0.211. The van der Waals surface area contributed by atoms with Gasteiger partial charge in [0, 0.05) is 28.1 Å². The molecule has 0 saturated carbocycles. The molecule has 3 nitrogen and oxygen atoms in total. The van der Waals surface area contributed by atoms with Crippen LogP contribution in [0.1, 0.15) is 0 Å². The zero-order valence-corrected chi connectivity index (χ0v) is 22.8. The Labute approximate surface area is 243 Å². The Kier molecular flexibility index (Phi) is 5.79. The van der Waals surface area contributed by atoms with E-state index in [0.29, 0.717) is 0 Å². The van der Waals surface area contributed by atoms with E-state index in [-0.39, 0.29) is 0 Å². The van der Waals surface area contributed by atoms with Crippen molar-refractivity contribution < 1.29 is 0 Å². The van der Waals surface area contributed by atoms with Gasteiger partial charge in [0.1, 0.15) is 0 Å². The fourth-order valence-electron chi connectivity index (χ4n) is 5.84. The highest BCUT2D eigenvalue weighted by atomic mass is 14.8. The molecule has 0 aliphatic rings. The summed E-state index contributed by atoms with van der Waals surface area (Å²) in [5.74, 6) is 0. The number of benzene rings is 6. The number of hydrogen-bond donors (Lipinski definition) is 0. The molecule has 0 bridgehead atoms. The maximum Gasteiger partial charge on any atom is 0.0973 e. The number of aromatic nitrogens is 3. The third-order valence-electron chi connectivity index (χ3n) is 7.89. The van der Waals surface area contributed by atoms with Crippen molar-refractivity contribution in [1.82, 2.24) is 15.0 Å². The first-order valence-electron chi connectivity index (χ1n) is 14.1. The molecular weight excluding hydrogens is 510 g/mol. The lowest BCUT2D eigenvalue weighted by Gasteiger charge is -2.13. The van der Waals surface area contributed by atoms with Gasteiger partial charge in [-0.15, -0.1) is 0 Å². The van der Waals surface area contributed by atoms with Gasteiger partial charge in [0.2, 0.25) is 0 Å². The number of pyridine rings is 1. The number of fused-ring (bicyclic) bond motifs is 4. The number of para-hydroxylation sites is 2. The minimum Gasteiger partial charge on any atom is -0.256 e. The summed E-state index contributed by atoms with van der Waals surface area (Å²) < 4.78 is 0. The van der Waals surface area contributed by atoms with Crippen molar-refractivity contribution in [2.24, 2.45) is 0 Å². The lowest BCUT2D eigenvalue weighted by Crippen LogP contribution is -1.95. The molecule has 2 aromatic heterocycles. The van der Waals surface area contributed by atoms with E-state index in [2.05, 4.69) is 102 Å². The summed E-state index contributed by atoms with van der Waals surface area (Å²) in [7, 11) is 0. The molecule has 0 radical (unpaired) electrons. The van der Waals surface area contributed by atoms with E-state index in [9.17, 15) is 0 Å². The molecule has 0 spiro atoms. The van der Waals surface area contributed by atoms with Crippen LogP contribution in [0, 0.1) is 0 Å². The van der Waals surface area contributed by atoms with Crippen molar-refractivity contribution in [1.29, 1.82) is 0 Å². The normalized spacial score (nSPS) is 11.3. The SMILES string of the molecule is c1ccc(-c2nc3ccccc3nc2-c2cccc(-c3ccc(-c4cc5cccnc5c5ccccc45)cc3)c2)cc1. The van der Waals surface area contributed by atoms with E-state index < -0.39 is 0 Å². The maximum absolute atomic E-state index is 5.10. The van der Waals surface area contributed by atoms with E-state index in [1.54, 1.807) is 0 Å². The smallest absolute Gasteiger partial charge is 0.0973 e. The average Bonchev–Trinajstić information content (AvgIpc) is 3.08. The van der Waals surface area contributed by atoms with Gasteiger partial charge in [-0.05, 0) is 58.0 Å². The van der Waals surface area contributed by atoms with Crippen LogP contribution in [0.15, 0.2) is 152 Å². The molecule has 6 aromatic carbocycles. The second-order valence-corrected chi connectivity index (χ2v) is 10.5. The molecule has 0 amide bonds. The minimum absolute atomic E-state index is 0.884. The van der Waals surface area contributed by atoms with Gasteiger partial charge in [-0.2, -0.15) is 0 Å². The number of rotatable bonds is 4. The second-order valence-electron chi connectivity index (χ2n) is 10.5. The summed E-state index contributed by atoms with van der Waals surface area (Å²) in [6.07, 6.45) is 1.86. The Balaban J connectivity index is 1.22. The largest absolute Gasteiger partial charge is 0.256 e. The Morgan fingerprint density at radius 3 is 1.79 bits per heavy atom. The molecule has 0 unspecified atom stereocenters. The highest BCUT2D eigenvalue weighted by Crippen LogP contribution is 2.36. The molecule has 2 heterocycles. The third kappa shape index (κ3) is 4.20. The molecular formula is C39H25N3. The number of hydrogen-bond acceptors (Lipinski definition) is 3. The van der Waals surface area contributed by atoms with Gasteiger partial charge in [-0.1, -0.05) is 115 Å². The summed E-state index contributed by atoms with van der Waals surface area (Å²) in [5.41, 5.74) is 11.4. The predicted octanol–water partition coefficient (Wildman–Crippen LogP) is 10.00. The first kappa shape index (κ1) is 24.2. The molecule has 0 aliphatic carbocycles. The Hall–Kier alpha value is -5.67. The van der Waals surface area contributed by atoms with Crippen molar-refractivity contribution in [2.75, 3.05) is 0 Å². The van der Waals surface area contributed by atoms with Crippen molar-refractivity contribution in [3.8, 4) is 44.8 Å². The van der Waals surface area contributed by atoms with Gasteiger partial charge in [0.05, 0.1) is 27.9 Å². The van der Waals surface area contributed by atoms with Crippen molar-refractivity contribution in [2.45, 2.75) is 0 Å². The fraction of sp³-hybridized carbons (Fsp3) is 0. The summed E-state index contributed by atoms with van der Waals surface area (Å²) >= 11 is 0. The van der Waals surface area contributed by atoms with Crippen LogP contribution in [-0.4, -0.2) is 15.0 Å². The summed E-state index contributed by atoms with van der Waals surface area (Å²) in [6.45, 7) is 0. The molecule has 0 N–H and O–H groups in total. The predicted molar refractivity (Wildman–Crippen MR) is 174 cm³/mol. The second kappa shape index (κ2) is 10.1. The van der Waals surface area contributed by atoms with Crippen LogP contribution in [0.3, 0.4) is 0 Å². The van der Waals surface area contributed by atoms with E-state index in [1.807, 2.05) is 54.7 Å². The molecule has 8 aromatic rings. The van der Waals surface area contributed by atoms with Gasteiger partial charge in [-0.25, -0.2) is 9.97 Å². The highest BCUT2D eigenvalue weighted by molar-refractivity contribution is 6.12. The Morgan fingerprint density at radius 1 is 0.381 bits per heavy atom. The Morgan fingerprint density at radius 2 is 1.00 bits per heavy atom. The van der Waals surface area contributed by atoms with Gasteiger partial charge in [0.25, 0.3) is 0 Å². The van der Waals surface area contributed by atoms with Crippen LogP contribution in [0.25, 0.3) is 77.5 Å². The standard InChI is InChI=1S/C39H25N3/c1-2-10-28(11-3-1)38-39(42-36-18-7-6-17-35(36)41-38)30-13-8-12-29(24-30)26-19-21-27(22-20-26)34-25-31-14-9-23-40-37(31)33-16-5-4-15-32(33)34/h1-25H. The van der Waals surface area contributed by atoms with E-state index in [0.717, 1.165) is 55.6 Å². The van der Waals surface area contributed by atoms with Crippen LogP contribution in [0.2, 0.25) is 0 Å². The van der Waals surface area contributed by atoms with Crippen LogP contribution < -0.4 is 0 Å². The lowest BCUT2D eigenvalue weighted by molar-refractivity contribution is 1.29. The van der Waals surface area contributed by atoms with Crippen LogP contribution in [-0.2, 0) is 0 Å². The van der Waals surface area contributed by atoms with E-state index in [1.165, 1.54) is 21.9 Å². The zero-order valence-electron chi connectivity index (χ0n) is 22.8. The maximum atomic E-state index is 5.10. The molecule has 8 rings (SSSR count). The zero-order chi connectivity index (χ0) is 27.9. The first-order valence-corrected chi connectivity index (χ1v) is 14.1. The summed E-state index contributed by atoms with van der Waals surface area (Å²) in [6, 6.07) is 50.7. The Bertz CT molecular complexity index is 2240. The molecule has 0 fully saturated rings. The van der Waals surface area contributed by atoms with Gasteiger partial charge < -0.3 is 0 Å². The third-order valence-corrected chi connectivity index (χ3v) is 7.89. The highest BCUT2D eigenvalue weighted by Gasteiger charge is 2.14. The monoisotopic (exact) mass is 535 g/mol. The average molecular weight is 536 g/mol. The fourth-order valence-corrected chi connectivity index (χ4v) is 5.84. The van der Waals surface area contributed by atoms with E-state index in [4.69, 9.17) is 9.97 Å². The molecule has 0 saturated heterocycles. The van der Waals surface area contributed by atoms with E-state index >= 15 is 0 Å². The molecule has 42 heavy (non-hydrogen) atoms. The summed E-state index contributed by atoms with van der Waals surface area (Å²) in [5, 5.41) is 3.53. The minimum atomic E-state index is 0.884. The lowest BCUT2D eigenvalue weighted by atomic mass is 9.93. The van der Waals surface area contributed by atoms with Crippen LogP contribution >= 0.6 is 0 Å². The first-order chi connectivity index (χ1) is 20.8. The van der Waals surface area contributed by atoms with Gasteiger partial charge in [0.15, 0.2) is 0 Å².